The molecule has 1 fully saturated rings. The van der Waals surface area contributed by atoms with Crippen molar-refractivity contribution in [1.29, 1.82) is 0 Å². The van der Waals surface area contributed by atoms with Crippen molar-refractivity contribution in [2.45, 2.75) is 89.5 Å². The number of rotatable bonds is 0. The van der Waals surface area contributed by atoms with E-state index in [9.17, 15) is 20.1 Å². The quantitative estimate of drug-likeness (QED) is 0.448. The van der Waals surface area contributed by atoms with Crippen LogP contribution in [0.5, 0.6) is 0 Å². The van der Waals surface area contributed by atoms with Crippen molar-refractivity contribution in [3.05, 3.63) is 22.8 Å². The number of carbonyl (C=O) groups excluding carboxylic acids is 1. The molecule has 146 valence electrons. The van der Waals surface area contributed by atoms with Gasteiger partial charge in [0.1, 0.15) is 12.2 Å². The van der Waals surface area contributed by atoms with E-state index in [-0.39, 0.29) is 23.7 Å². The summed E-state index contributed by atoms with van der Waals surface area (Å²) in [5.74, 6) is -2.28. The lowest BCUT2D eigenvalue weighted by Crippen LogP contribution is -2.51. The SMILES string of the molecule is CC1=C2[C@@H](O)[C@H](O)[C@@]3(C)CC[C@H](O3)[C@H](C)CC/C=C(\C)C[C@]2(O)OC1=O. The predicted octanol–water partition coefficient (Wildman–Crippen LogP) is 1.97. The molecule has 3 rings (SSSR count). The van der Waals surface area contributed by atoms with Gasteiger partial charge in [0.15, 0.2) is 0 Å². The smallest absolute Gasteiger partial charge is 0.336 e. The topological polar surface area (TPSA) is 96.2 Å². The van der Waals surface area contributed by atoms with E-state index in [0.717, 1.165) is 24.8 Å². The molecule has 0 aliphatic carbocycles. The summed E-state index contributed by atoms with van der Waals surface area (Å²) in [5.41, 5.74) is 0.129. The first-order valence-corrected chi connectivity index (χ1v) is 9.44. The molecule has 3 heterocycles. The van der Waals surface area contributed by atoms with Gasteiger partial charge >= 0.3 is 5.97 Å². The zero-order valence-corrected chi connectivity index (χ0v) is 16.0. The van der Waals surface area contributed by atoms with Crippen LogP contribution < -0.4 is 0 Å². The molecule has 3 aliphatic heterocycles. The molecule has 6 nitrogen and oxygen atoms in total. The highest BCUT2D eigenvalue weighted by Crippen LogP contribution is 2.44. The van der Waals surface area contributed by atoms with Gasteiger partial charge in [0, 0.05) is 17.6 Å². The minimum atomic E-state index is -1.93. The first kappa shape index (κ1) is 19.5. The van der Waals surface area contributed by atoms with E-state index in [4.69, 9.17) is 9.47 Å². The molecule has 0 saturated carbocycles. The van der Waals surface area contributed by atoms with Gasteiger partial charge in [-0.05, 0) is 52.4 Å². The maximum absolute atomic E-state index is 12.1. The maximum Gasteiger partial charge on any atom is 0.336 e. The van der Waals surface area contributed by atoms with Crippen LogP contribution in [0.1, 0.15) is 59.8 Å². The van der Waals surface area contributed by atoms with Gasteiger partial charge in [-0.15, -0.1) is 0 Å². The Labute approximate surface area is 154 Å². The summed E-state index contributed by atoms with van der Waals surface area (Å²) >= 11 is 0. The number of hydrogen-bond acceptors (Lipinski definition) is 6. The first-order valence-electron chi connectivity index (χ1n) is 9.44. The summed E-state index contributed by atoms with van der Waals surface area (Å²) in [4.78, 5) is 12.1. The van der Waals surface area contributed by atoms with Crippen LogP contribution in [0.2, 0.25) is 0 Å². The molecule has 2 bridgehead atoms. The first-order chi connectivity index (χ1) is 12.1. The number of aliphatic hydroxyl groups is 3. The number of esters is 1. The molecule has 1 saturated heterocycles. The Hall–Kier alpha value is -1.21. The van der Waals surface area contributed by atoms with Crippen LogP contribution in [0.3, 0.4) is 0 Å². The highest BCUT2D eigenvalue weighted by molar-refractivity contribution is 5.92. The van der Waals surface area contributed by atoms with E-state index in [1.165, 1.54) is 6.92 Å². The maximum atomic E-state index is 12.1. The molecule has 6 heteroatoms. The lowest BCUT2D eigenvalue weighted by molar-refractivity contribution is -0.190. The molecule has 0 aromatic heterocycles. The van der Waals surface area contributed by atoms with Crippen LogP contribution in [0.25, 0.3) is 0 Å². The summed E-state index contributed by atoms with van der Waals surface area (Å²) in [5, 5.41) is 32.8. The largest absolute Gasteiger partial charge is 0.425 e. The average molecular weight is 366 g/mol. The van der Waals surface area contributed by atoms with Crippen molar-refractivity contribution in [3.8, 4) is 0 Å². The highest BCUT2D eigenvalue weighted by atomic mass is 16.7. The third-order valence-electron chi connectivity index (χ3n) is 6.23. The van der Waals surface area contributed by atoms with Crippen LogP contribution in [-0.4, -0.2) is 51.0 Å². The zero-order valence-electron chi connectivity index (χ0n) is 16.0. The van der Waals surface area contributed by atoms with Crippen molar-refractivity contribution in [1.82, 2.24) is 0 Å². The summed E-state index contributed by atoms with van der Waals surface area (Å²) < 4.78 is 11.4. The van der Waals surface area contributed by atoms with E-state index in [1.807, 2.05) is 13.0 Å². The third kappa shape index (κ3) is 3.24. The van der Waals surface area contributed by atoms with Gasteiger partial charge in [0.25, 0.3) is 0 Å². The normalized spacial score (nSPS) is 46.6. The van der Waals surface area contributed by atoms with Crippen LogP contribution in [0, 0.1) is 5.92 Å². The standard InChI is InChI=1S/C20H30O6/c1-11-6-5-7-12(2)14-8-9-19(4,25-14)17(22)16(21)15-13(3)18(23)26-20(15,24)10-11/h6,12,14,16-17,21-22,24H,5,7-10H2,1-4H3/b11-6+/t12-,14+,16-,17+,19-,20+/m1/s1. The molecule has 0 unspecified atom stereocenters. The second-order valence-electron chi connectivity index (χ2n) is 8.39. The van der Waals surface area contributed by atoms with Gasteiger partial charge in [-0.1, -0.05) is 18.6 Å². The monoisotopic (exact) mass is 366 g/mol. The Morgan fingerprint density at radius 3 is 2.62 bits per heavy atom. The fourth-order valence-electron chi connectivity index (χ4n) is 4.50. The lowest BCUT2D eigenvalue weighted by atomic mass is 9.83. The van der Waals surface area contributed by atoms with E-state index >= 15 is 0 Å². The number of ether oxygens (including phenoxy) is 2. The molecule has 0 spiro atoms. The fourth-order valence-corrected chi connectivity index (χ4v) is 4.50. The Balaban J connectivity index is 2.03. The number of fused-ring (bicyclic) bond motifs is 3. The number of carbonyl (C=O) groups is 1. The van der Waals surface area contributed by atoms with E-state index in [0.29, 0.717) is 12.3 Å². The van der Waals surface area contributed by atoms with Gasteiger partial charge < -0.3 is 24.8 Å². The molecular formula is C20H30O6. The average Bonchev–Trinajstić information content (AvgIpc) is 3.05. The van der Waals surface area contributed by atoms with E-state index in [1.54, 1.807) is 6.92 Å². The molecule has 0 amide bonds. The van der Waals surface area contributed by atoms with Gasteiger partial charge in [-0.25, -0.2) is 4.79 Å². The summed E-state index contributed by atoms with van der Waals surface area (Å²) in [7, 11) is 0. The van der Waals surface area contributed by atoms with E-state index < -0.39 is 29.6 Å². The van der Waals surface area contributed by atoms with Crippen molar-refractivity contribution >= 4 is 5.97 Å². The van der Waals surface area contributed by atoms with Crippen molar-refractivity contribution < 1.29 is 29.6 Å². The second kappa shape index (κ2) is 6.75. The van der Waals surface area contributed by atoms with Gasteiger partial charge in [-0.2, -0.15) is 0 Å². The predicted molar refractivity (Wildman–Crippen MR) is 95.0 cm³/mol. The van der Waals surface area contributed by atoms with Crippen molar-refractivity contribution in [2.24, 2.45) is 5.92 Å². The molecular weight excluding hydrogens is 336 g/mol. The Morgan fingerprint density at radius 2 is 1.92 bits per heavy atom. The summed E-state index contributed by atoms with van der Waals surface area (Å²) in [6.45, 7) is 7.29. The molecule has 26 heavy (non-hydrogen) atoms. The van der Waals surface area contributed by atoms with Gasteiger partial charge in [0.05, 0.1) is 11.7 Å². The number of hydrogen-bond donors (Lipinski definition) is 3. The van der Waals surface area contributed by atoms with Crippen LogP contribution in [0.15, 0.2) is 22.8 Å². The molecule has 0 aromatic rings. The Bertz CT molecular complexity index is 653. The van der Waals surface area contributed by atoms with Crippen LogP contribution >= 0.6 is 0 Å². The van der Waals surface area contributed by atoms with E-state index in [2.05, 4.69) is 6.92 Å². The fraction of sp³-hybridized carbons (Fsp3) is 0.750. The highest BCUT2D eigenvalue weighted by Gasteiger charge is 2.54. The van der Waals surface area contributed by atoms with Crippen LogP contribution in [-0.2, 0) is 14.3 Å². The van der Waals surface area contributed by atoms with Crippen LogP contribution in [0.4, 0.5) is 0 Å². The molecule has 6 atom stereocenters. The lowest BCUT2D eigenvalue weighted by Gasteiger charge is -2.37. The molecule has 3 aliphatic rings. The Kier molecular flexibility index (Phi) is 5.07. The summed E-state index contributed by atoms with van der Waals surface area (Å²) in [6.07, 6.45) is 2.58. The Morgan fingerprint density at radius 1 is 1.23 bits per heavy atom. The third-order valence-corrected chi connectivity index (χ3v) is 6.23. The minimum absolute atomic E-state index is 0.0201. The van der Waals surface area contributed by atoms with Gasteiger partial charge in [0.2, 0.25) is 5.79 Å². The van der Waals surface area contributed by atoms with Crippen molar-refractivity contribution in [2.75, 3.05) is 0 Å². The molecule has 0 aromatic carbocycles. The van der Waals surface area contributed by atoms with Gasteiger partial charge in [-0.3, -0.25) is 0 Å². The summed E-state index contributed by atoms with van der Waals surface area (Å²) in [6, 6.07) is 0. The minimum Gasteiger partial charge on any atom is -0.425 e. The molecule has 3 N–H and O–H groups in total. The molecule has 0 radical (unpaired) electrons. The number of allylic oxidation sites excluding steroid dienone is 1. The second-order valence-corrected chi connectivity index (χ2v) is 8.39. The van der Waals surface area contributed by atoms with Crippen molar-refractivity contribution in [3.63, 3.8) is 0 Å². The number of aliphatic hydroxyl groups excluding tert-OH is 2. The zero-order chi connectivity index (χ0) is 19.3.